The SMILES string of the molecule is FC(F)(F)c1cc(I)c2oc3ccccc3c2c1. The van der Waals surface area contributed by atoms with Gasteiger partial charge in [-0.05, 0) is 40.8 Å². The number of hydrogen-bond acceptors (Lipinski definition) is 1. The zero-order chi connectivity index (χ0) is 12.9. The molecule has 0 aliphatic rings. The Morgan fingerprint density at radius 2 is 1.72 bits per heavy atom. The zero-order valence-corrected chi connectivity index (χ0v) is 11.0. The van der Waals surface area contributed by atoms with Gasteiger partial charge in [-0.2, -0.15) is 13.2 Å². The zero-order valence-electron chi connectivity index (χ0n) is 8.88. The van der Waals surface area contributed by atoms with E-state index in [4.69, 9.17) is 4.42 Å². The monoisotopic (exact) mass is 362 g/mol. The molecule has 0 unspecified atom stereocenters. The standard InChI is InChI=1S/C13H6F3IO/c14-13(15,16)7-5-9-8-3-1-2-4-11(8)18-12(9)10(17)6-7/h1-6H. The highest BCUT2D eigenvalue weighted by Gasteiger charge is 2.31. The molecule has 0 saturated heterocycles. The fourth-order valence-corrected chi connectivity index (χ4v) is 2.69. The van der Waals surface area contributed by atoms with Crippen LogP contribution in [-0.2, 0) is 6.18 Å². The van der Waals surface area contributed by atoms with Crippen LogP contribution in [0, 0.1) is 3.57 Å². The van der Waals surface area contributed by atoms with Crippen LogP contribution in [0.1, 0.15) is 5.56 Å². The van der Waals surface area contributed by atoms with E-state index >= 15 is 0 Å². The Morgan fingerprint density at radius 3 is 2.44 bits per heavy atom. The van der Waals surface area contributed by atoms with Crippen molar-refractivity contribution in [2.24, 2.45) is 0 Å². The first-order valence-corrected chi connectivity index (χ1v) is 6.22. The summed E-state index contributed by atoms with van der Waals surface area (Å²) in [5.74, 6) is 0. The van der Waals surface area contributed by atoms with Crippen molar-refractivity contribution in [3.63, 3.8) is 0 Å². The summed E-state index contributed by atoms with van der Waals surface area (Å²) in [6.45, 7) is 0. The summed E-state index contributed by atoms with van der Waals surface area (Å²) in [7, 11) is 0. The molecule has 0 spiro atoms. The summed E-state index contributed by atoms with van der Waals surface area (Å²) in [4.78, 5) is 0. The van der Waals surface area contributed by atoms with Gasteiger partial charge in [0.2, 0.25) is 0 Å². The Morgan fingerprint density at radius 1 is 1.00 bits per heavy atom. The summed E-state index contributed by atoms with van der Waals surface area (Å²) in [6, 6.07) is 9.33. The Labute approximate surface area is 114 Å². The van der Waals surface area contributed by atoms with E-state index in [1.807, 2.05) is 22.6 Å². The summed E-state index contributed by atoms with van der Waals surface area (Å²) in [6.07, 6.45) is -4.34. The van der Waals surface area contributed by atoms with Gasteiger partial charge in [0, 0.05) is 10.8 Å². The maximum absolute atomic E-state index is 12.8. The molecule has 0 aliphatic heterocycles. The molecule has 0 amide bonds. The number of alkyl halides is 3. The van der Waals surface area contributed by atoms with Crippen LogP contribution < -0.4 is 0 Å². The van der Waals surface area contributed by atoms with Gasteiger partial charge >= 0.3 is 6.18 Å². The Hall–Kier alpha value is -1.24. The van der Waals surface area contributed by atoms with Gasteiger partial charge < -0.3 is 4.42 Å². The quantitative estimate of drug-likeness (QED) is 0.501. The highest BCUT2D eigenvalue weighted by atomic mass is 127. The summed E-state index contributed by atoms with van der Waals surface area (Å²) in [5.41, 5.74) is 0.459. The van der Waals surface area contributed by atoms with Gasteiger partial charge in [0.05, 0.1) is 9.13 Å². The fraction of sp³-hybridized carbons (Fsp3) is 0.0769. The van der Waals surface area contributed by atoms with Gasteiger partial charge in [0.15, 0.2) is 0 Å². The molecular formula is C13H6F3IO. The highest BCUT2D eigenvalue weighted by molar-refractivity contribution is 14.1. The molecule has 0 aliphatic carbocycles. The molecule has 0 N–H and O–H groups in total. The molecule has 3 rings (SSSR count). The second-order valence-electron chi connectivity index (χ2n) is 3.93. The minimum Gasteiger partial charge on any atom is -0.455 e. The summed E-state index contributed by atoms with van der Waals surface area (Å²) >= 11 is 1.86. The van der Waals surface area contributed by atoms with Gasteiger partial charge in [-0.15, -0.1) is 0 Å². The molecule has 0 saturated carbocycles. The molecular weight excluding hydrogens is 356 g/mol. The molecule has 1 nitrogen and oxygen atoms in total. The van der Waals surface area contributed by atoms with E-state index in [2.05, 4.69) is 0 Å². The van der Waals surface area contributed by atoms with Gasteiger partial charge in [0.1, 0.15) is 11.2 Å². The van der Waals surface area contributed by atoms with Crippen LogP contribution in [0.2, 0.25) is 0 Å². The Kier molecular flexibility index (Phi) is 2.55. The number of fused-ring (bicyclic) bond motifs is 3. The molecule has 0 fully saturated rings. The van der Waals surface area contributed by atoms with Crippen LogP contribution in [0.3, 0.4) is 0 Å². The minimum absolute atomic E-state index is 0.466. The number of halogens is 4. The normalized spacial score (nSPS) is 12.4. The van der Waals surface area contributed by atoms with Crippen molar-refractivity contribution < 1.29 is 17.6 Å². The third-order valence-electron chi connectivity index (χ3n) is 2.76. The number of benzene rings is 2. The van der Waals surface area contributed by atoms with E-state index < -0.39 is 11.7 Å². The van der Waals surface area contributed by atoms with E-state index in [0.717, 1.165) is 12.1 Å². The fourth-order valence-electron chi connectivity index (χ4n) is 1.95. The number of hydrogen-bond donors (Lipinski definition) is 0. The van der Waals surface area contributed by atoms with Gasteiger partial charge in [-0.3, -0.25) is 0 Å². The molecule has 0 radical (unpaired) electrons. The first-order chi connectivity index (χ1) is 8.47. The second-order valence-corrected chi connectivity index (χ2v) is 5.09. The molecule has 0 atom stereocenters. The van der Waals surface area contributed by atoms with Gasteiger partial charge in [-0.25, -0.2) is 0 Å². The van der Waals surface area contributed by atoms with E-state index in [9.17, 15) is 13.2 Å². The molecule has 0 bridgehead atoms. The lowest BCUT2D eigenvalue weighted by Crippen LogP contribution is -2.04. The molecule has 92 valence electrons. The largest absolute Gasteiger partial charge is 0.455 e. The lowest BCUT2D eigenvalue weighted by Gasteiger charge is -2.07. The van der Waals surface area contributed by atoms with Crippen LogP contribution >= 0.6 is 22.6 Å². The smallest absolute Gasteiger partial charge is 0.416 e. The maximum atomic E-state index is 12.8. The van der Waals surface area contributed by atoms with Gasteiger partial charge in [0.25, 0.3) is 0 Å². The molecule has 5 heteroatoms. The van der Waals surface area contributed by atoms with Crippen LogP contribution in [0.5, 0.6) is 0 Å². The second kappa shape index (κ2) is 3.88. The predicted molar refractivity (Wildman–Crippen MR) is 71.4 cm³/mol. The first-order valence-electron chi connectivity index (χ1n) is 5.15. The number of para-hydroxylation sites is 1. The highest BCUT2D eigenvalue weighted by Crippen LogP contribution is 2.37. The lowest BCUT2D eigenvalue weighted by atomic mass is 10.1. The van der Waals surface area contributed by atoms with E-state index in [1.54, 1.807) is 24.3 Å². The molecule has 1 aromatic heterocycles. The first kappa shape index (κ1) is 11.8. The number of rotatable bonds is 0. The molecule has 18 heavy (non-hydrogen) atoms. The average Bonchev–Trinajstić information content (AvgIpc) is 2.67. The third kappa shape index (κ3) is 1.77. The van der Waals surface area contributed by atoms with Crippen LogP contribution in [0.25, 0.3) is 21.9 Å². The van der Waals surface area contributed by atoms with Crippen molar-refractivity contribution in [1.29, 1.82) is 0 Å². The summed E-state index contributed by atoms with van der Waals surface area (Å²) < 4.78 is 44.3. The van der Waals surface area contributed by atoms with Gasteiger partial charge in [-0.1, -0.05) is 18.2 Å². The minimum atomic E-state index is -4.34. The average molecular weight is 362 g/mol. The van der Waals surface area contributed by atoms with Crippen molar-refractivity contribution in [1.82, 2.24) is 0 Å². The Balaban J connectivity index is 2.44. The third-order valence-corrected chi connectivity index (χ3v) is 3.56. The van der Waals surface area contributed by atoms with E-state index in [0.29, 0.717) is 25.5 Å². The van der Waals surface area contributed by atoms with E-state index in [1.165, 1.54) is 0 Å². The van der Waals surface area contributed by atoms with Crippen molar-refractivity contribution in [2.75, 3.05) is 0 Å². The van der Waals surface area contributed by atoms with E-state index in [-0.39, 0.29) is 0 Å². The molecule has 2 aromatic carbocycles. The lowest BCUT2D eigenvalue weighted by molar-refractivity contribution is -0.137. The van der Waals surface area contributed by atoms with Crippen molar-refractivity contribution in [3.8, 4) is 0 Å². The van der Waals surface area contributed by atoms with Crippen molar-refractivity contribution in [2.45, 2.75) is 6.18 Å². The topological polar surface area (TPSA) is 13.1 Å². The maximum Gasteiger partial charge on any atom is 0.416 e. The number of furan rings is 1. The van der Waals surface area contributed by atoms with Crippen LogP contribution in [0.15, 0.2) is 40.8 Å². The Bertz CT molecular complexity index is 743. The van der Waals surface area contributed by atoms with Crippen molar-refractivity contribution in [3.05, 3.63) is 45.5 Å². The predicted octanol–water partition coefficient (Wildman–Crippen LogP) is 5.21. The summed E-state index contributed by atoms with van der Waals surface area (Å²) in [5, 5.41) is 1.21. The van der Waals surface area contributed by atoms with Crippen molar-refractivity contribution >= 4 is 44.5 Å². The van der Waals surface area contributed by atoms with Crippen LogP contribution in [-0.4, -0.2) is 0 Å². The van der Waals surface area contributed by atoms with Crippen LogP contribution in [0.4, 0.5) is 13.2 Å². The molecule has 3 aromatic rings. The molecule has 1 heterocycles.